The van der Waals surface area contributed by atoms with Crippen LogP contribution in [0.2, 0.25) is 5.02 Å². The van der Waals surface area contributed by atoms with Gasteiger partial charge in [0.2, 0.25) is 5.91 Å². The number of nitrogens with zero attached hydrogens (tertiary/aromatic N) is 2. The molecule has 0 saturated carbocycles. The van der Waals surface area contributed by atoms with E-state index in [0.717, 1.165) is 16.9 Å². The standard InChI is InChI=1S/C22H18ClN3O3S/c1-13-24-21-20(18(12-30-21)14-6-8-17(29-2)9-7-14)22(28)26(13)11-19(27)25-16-5-3-4-15(23)10-16/h3-10,12H,11H2,1-2H3,(H,25,27). The summed E-state index contributed by atoms with van der Waals surface area (Å²) in [4.78, 5) is 31.0. The van der Waals surface area contributed by atoms with Gasteiger partial charge in [-0.3, -0.25) is 14.2 Å². The molecule has 0 aliphatic heterocycles. The second kappa shape index (κ2) is 8.30. The van der Waals surface area contributed by atoms with E-state index in [0.29, 0.717) is 26.8 Å². The molecule has 4 rings (SSSR count). The molecule has 6 nitrogen and oxygen atoms in total. The van der Waals surface area contributed by atoms with E-state index in [1.165, 1.54) is 15.9 Å². The van der Waals surface area contributed by atoms with Gasteiger partial charge < -0.3 is 10.1 Å². The summed E-state index contributed by atoms with van der Waals surface area (Å²) in [6.07, 6.45) is 0. The van der Waals surface area contributed by atoms with Crippen molar-refractivity contribution in [3.8, 4) is 16.9 Å². The summed E-state index contributed by atoms with van der Waals surface area (Å²) >= 11 is 7.37. The van der Waals surface area contributed by atoms with Crippen LogP contribution in [0.5, 0.6) is 5.75 Å². The van der Waals surface area contributed by atoms with Gasteiger partial charge in [-0.1, -0.05) is 29.8 Å². The Morgan fingerprint density at radius 2 is 2.00 bits per heavy atom. The van der Waals surface area contributed by atoms with Crippen LogP contribution in [0.4, 0.5) is 5.69 Å². The zero-order valence-electron chi connectivity index (χ0n) is 16.3. The Bertz CT molecular complexity index is 1300. The molecule has 2 aromatic heterocycles. The van der Waals surface area contributed by atoms with Gasteiger partial charge in [0.05, 0.1) is 12.5 Å². The average Bonchev–Trinajstić information content (AvgIpc) is 3.15. The van der Waals surface area contributed by atoms with Gasteiger partial charge >= 0.3 is 0 Å². The molecule has 2 aromatic carbocycles. The number of halogens is 1. The highest BCUT2D eigenvalue weighted by Gasteiger charge is 2.17. The highest BCUT2D eigenvalue weighted by molar-refractivity contribution is 7.17. The molecular formula is C22H18ClN3O3S. The first-order chi connectivity index (χ1) is 14.5. The average molecular weight is 440 g/mol. The number of hydrogen-bond donors (Lipinski definition) is 1. The summed E-state index contributed by atoms with van der Waals surface area (Å²) in [5.74, 6) is 0.893. The summed E-state index contributed by atoms with van der Waals surface area (Å²) < 4.78 is 6.60. The van der Waals surface area contributed by atoms with Crippen molar-refractivity contribution in [3.63, 3.8) is 0 Å². The number of aryl methyl sites for hydroxylation is 1. The van der Waals surface area contributed by atoms with Crippen LogP contribution in [-0.2, 0) is 11.3 Å². The minimum Gasteiger partial charge on any atom is -0.497 e. The summed E-state index contributed by atoms with van der Waals surface area (Å²) in [5, 5.41) is 5.70. The second-order valence-corrected chi connectivity index (χ2v) is 7.96. The molecule has 8 heteroatoms. The molecule has 1 amide bonds. The fraction of sp³-hybridized carbons (Fsp3) is 0.136. The van der Waals surface area contributed by atoms with Crippen LogP contribution in [0.25, 0.3) is 21.3 Å². The number of fused-ring (bicyclic) bond motifs is 1. The van der Waals surface area contributed by atoms with Gasteiger partial charge in [-0.15, -0.1) is 11.3 Å². The number of ether oxygens (including phenoxy) is 1. The van der Waals surface area contributed by atoms with E-state index in [1.54, 1.807) is 38.3 Å². The van der Waals surface area contributed by atoms with E-state index in [4.69, 9.17) is 16.3 Å². The molecule has 0 bridgehead atoms. The Hall–Kier alpha value is -3.16. The van der Waals surface area contributed by atoms with E-state index in [-0.39, 0.29) is 18.0 Å². The minimum atomic E-state index is -0.329. The van der Waals surface area contributed by atoms with Crippen LogP contribution in [0, 0.1) is 6.92 Å². The van der Waals surface area contributed by atoms with Gasteiger partial charge in [0, 0.05) is 21.7 Å². The van der Waals surface area contributed by atoms with Gasteiger partial charge in [-0.05, 0) is 42.8 Å². The van der Waals surface area contributed by atoms with E-state index in [9.17, 15) is 9.59 Å². The summed E-state index contributed by atoms with van der Waals surface area (Å²) in [7, 11) is 1.61. The Morgan fingerprint density at radius 1 is 1.23 bits per heavy atom. The van der Waals surface area contributed by atoms with Gasteiger partial charge in [0.1, 0.15) is 22.9 Å². The Kier molecular flexibility index (Phi) is 5.57. The highest BCUT2D eigenvalue weighted by atomic mass is 35.5. The molecule has 0 atom stereocenters. The fourth-order valence-corrected chi connectivity index (χ4v) is 4.38. The van der Waals surface area contributed by atoms with Crippen molar-refractivity contribution in [2.24, 2.45) is 0 Å². The topological polar surface area (TPSA) is 73.2 Å². The van der Waals surface area contributed by atoms with Crippen LogP contribution >= 0.6 is 22.9 Å². The SMILES string of the molecule is COc1ccc(-c2csc3nc(C)n(CC(=O)Nc4cccc(Cl)c4)c(=O)c23)cc1. The largest absolute Gasteiger partial charge is 0.497 e. The second-order valence-electron chi connectivity index (χ2n) is 6.67. The number of rotatable bonds is 5. The first kappa shape index (κ1) is 20.1. The molecule has 152 valence electrons. The molecule has 0 spiro atoms. The number of carbonyl (C=O) groups is 1. The number of amides is 1. The maximum absolute atomic E-state index is 13.3. The lowest BCUT2D eigenvalue weighted by atomic mass is 10.1. The molecule has 2 heterocycles. The van der Waals surface area contributed by atoms with Crippen LogP contribution in [0.15, 0.2) is 58.7 Å². The van der Waals surface area contributed by atoms with E-state index in [2.05, 4.69) is 10.3 Å². The number of anilines is 1. The third kappa shape index (κ3) is 3.94. The van der Waals surface area contributed by atoms with E-state index < -0.39 is 0 Å². The van der Waals surface area contributed by atoms with Gasteiger partial charge in [-0.25, -0.2) is 4.98 Å². The van der Waals surface area contributed by atoms with Crippen LogP contribution in [-0.4, -0.2) is 22.6 Å². The lowest BCUT2D eigenvalue weighted by Crippen LogP contribution is -2.30. The maximum atomic E-state index is 13.3. The van der Waals surface area contributed by atoms with Crippen LogP contribution in [0.1, 0.15) is 5.82 Å². The monoisotopic (exact) mass is 439 g/mol. The number of hydrogen-bond acceptors (Lipinski definition) is 5. The Balaban J connectivity index is 1.70. The lowest BCUT2D eigenvalue weighted by molar-refractivity contribution is -0.116. The third-order valence-electron chi connectivity index (χ3n) is 4.70. The third-order valence-corrected chi connectivity index (χ3v) is 5.80. The maximum Gasteiger partial charge on any atom is 0.263 e. The summed E-state index contributed by atoms with van der Waals surface area (Å²) in [5.41, 5.74) is 2.01. The molecule has 0 aliphatic carbocycles. The number of methoxy groups -OCH3 is 1. The fourth-order valence-electron chi connectivity index (χ4n) is 3.21. The number of nitrogens with one attached hydrogen (secondary N) is 1. The van der Waals surface area contributed by atoms with E-state index in [1.807, 2.05) is 29.6 Å². The quantitative estimate of drug-likeness (QED) is 0.487. The van der Waals surface area contributed by atoms with Crippen molar-refractivity contribution in [1.82, 2.24) is 9.55 Å². The number of carbonyl (C=O) groups excluding carboxylic acids is 1. The molecule has 0 radical (unpaired) electrons. The number of aromatic nitrogens is 2. The van der Waals surface area contributed by atoms with E-state index >= 15 is 0 Å². The molecule has 30 heavy (non-hydrogen) atoms. The Labute approximate surface area is 181 Å². The van der Waals surface area contributed by atoms with Crippen molar-refractivity contribution >= 4 is 44.7 Å². The summed E-state index contributed by atoms with van der Waals surface area (Å²) in [6.45, 7) is 1.58. The molecule has 1 N–H and O–H groups in total. The minimum absolute atomic E-state index is 0.141. The van der Waals surface area contributed by atoms with Gasteiger partial charge in [0.25, 0.3) is 5.56 Å². The zero-order valence-corrected chi connectivity index (χ0v) is 17.9. The first-order valence-electron chi connectivity index (χ1n) is 9.15. The molecule has 4 aromatic rings. The molecular weight excluding hydrogens is 422 g/mol. The molecule has 0 saturated heterocycles. The molecule has 0 fully saturated rings. The van der Waals surface area contributed by atoms with Crippen LogP contribution < -0.4 is 15.6 Å². The predicted molar refractivity (Wildman–Crippen MR) is 121 cm³/mol. The van der Waals surface area contributed by atoms with Crippen molar-refractivity contribution in [2.75, 3.05) is 12.4 Å². The van der Waals surface area contributed by atoms with Crippen molar-refractivity contribution in [2.45, 2.75) is 13.5 Å². The van der Waals surface area contributed by atoms with Crippen LogP contribution in [0.3, 0.4) is 0 Å². The lowest BCUT2D eigenvalue weighted by Gasteiger charge is -2.11. The highest BCUT2D eigenvalue weighted by Crippen LogP contribution is 2.32. The summed E-state index contributed by atoms with van der Waals surface area (Å²) in [6, 6.07) is 14.3. The number of thiophene rings is 1. The molecule has 0 unspecified atom stereocenters. The van der Waals surface area contributed by atoms with Gasteiger partial charge in [0.15, 0.2) is 0 Å². The smallest absolute Gasteiger partial charge is 0.263 e. The predicted octanol–water partition coefficient (Wildman–Crippen LogP) is 4.73. The Morgan fingerprint density at radius 3 is 2.70 bits per heavy atom. The van der Waals surface area contributed by atoms with Crippen molar-refractivity contribution in [1.29, 1.82) is 0 Å². The molecule has 0 aliphatic rings. The normalized spacial score (nSPS) is 10.9. The zero-order chi connectivity index (χ0) is 21.3. The number of benzene rings is 2. The van der Waals surface area contributed by atoms with Crippen molar-refractivity contribution < 1.29 is 9.53 Å². The first-order valence-corrected chi connectivity index (χ1v) is 10.4. The van der Waals surface area contributed by atoms with Crippen molar-refractivity contribution in [3.05, 3.63) is 75.1 Å². The van der Waals surface area contributed by atoms with Gasteiger partial charge in [-0.2, -0.15) is 0 Å².